The maximum atomic E-state index is 5.53. The average Bonchev–Trinajstić information content (AvgIpc) is 2.77. The summed E-state index contributed by atoms with van der Waals surface area (Å²) < 4.78 is 0.963. The van der Waals surface area contributed by atoms with Gasteiger partial charge in [0.15, 0.2) is 4.34 Å². The minimum Gasteiger partial charge on any atom is -0.384 e. The lowest BCUT2D eigenvalue weighted by Crippen LogP contribution is -2.07. The second-order valence-electron chi connectivity index (χ2n) is 3.62. The molecule has 2 N–H and O–H groups in total. The number of anilines is 2. The molecule has 5 nitrogen and oxygen atoms in total. The molecule has 0 atom stereocenters. The lowest BCUT2D eigenvalue weighted by atomic mass is 10.3. The largest absolute Gasteiger partial charge is 0.384 e. The summed E-state index contributed by atoms with van der Waals surface area (Å²) in [5.74, 6) is 1.37. The summed E-state index contributed by atoms with van der Waals surface area (Å²) in [5.41, 5.74) is 6.66. The normalized spacial score (nSPS) is 10.5. The number of hydrogen-bond acceptors (Lipinski definition) is 7. The SMILES string of the molecule is CN(C)c1nnc(SCc2ccc(N)nc2)s1. The smallest absolute Gasteiger partial charge is 0.208 e. The maximum absolute atomic E-state index is 5.53. The monoisotopic (exact) mass is 267 g/mol. The molecule has 2 heterocycles. The fourth-order valence-electron chi connectivity index (χ4n) is 1.11. The quantitative estimate of drug-likeness (QED) is 0.853. The van der Waals surface area contributed by atoms with Gasteiger partial charge in [0.2, 0.25) is 5.13 Å². The Bertz CT molecular complexity index is 480. The predicted molar refractivity (Wildman–Crippen MR) is 72.4 cm³/mol. The van der Waals surface area contributed by atoms with Crippen LogP contribution in [0.15, 0.2) is 22.7 Å². The second-order valence-corrected chi connectivity index (χ2v) is 5.80. The van der Waals surface area contributed by atoms with Crippen LogP contribution in [0.3, 0.4) is 0 Å². The van der Waals surface area contributed by atoms with Crippen molar-refractivity contribution in [1.82, 2.24) is 15.2 Å². The molecular weight excluding hydrogens is 254 g/mol. The van der Waals surface area contributed by atoms with Gasteiger partial charge in [0.1, 0.15) is 5.82 Å². The lowest BCUT2D eigenvalue weighted by molar-refractivity contribution is 0.972. The first-order chi connectivity index (χ1) is 8.15. The first-order valence-electron chi connectivity index (χ1n) is 4.99. The van der Waals surface area contributed by atoms with Crippen LogP contribution in [-0.2, 0) is 5.75 Å². The van der Waals surface area contributed by atoms with E-state index in [1.54, 1.807) is 35.4 Å². The Balaban J connectivity index is 1.95. The Morgan fingerprint density at radius 2 is 2.18 bits per heavy atom. The standard InChI is InChI=1S/C10H13N5S2/c1-15(2)9-13-14-10(17-9)16-6-7-3-4-8(11)12-5-7/h3-5H,6H2,1-2H3,(H2,11,12). The third-order valence-corrected chi connectivity index (χ3v) is 4.28. The number of thioether (sulfide) groups is 1. The molecule has 0 saturated heterocycles. The summed E-state index contributed by atoms with van der Waals surface area (Å²) in [6, 6.07) is 3.78. The molecule has 0 unspecified atom stereocenters. The third-order valence-electron chi connectivity index (χ3n) is 1.99. The van der Waals surface area contributed by atoms with Crippen molar-refractivity contribution in [2.75, 3.05) is 24.7 Å². The van der Waals surface area contributed by atoms with Crippen molar-refractivity contribution in [3.63, 3.8) is 0 Å². The van der Waals surface area contributed by atoms with Gasteiger partial charge >= 0.3 is 0 Å². The molecule has 0 radical (unpaired) electrons. The topological polar surface area (TPSA) is 67.9 Å². The highest BCUT2D eigenvalue weighted by Crippen LogP contribution is 2.29. The summed E-state index contributed by atoms with van der Waals surface area (Å²) >= 11 is 3.24. The Kier molecular flexibility index (Phi) is 3.80. The number of hydrogen-bond donors (Lipinski definition) is 1. The van der Waals surface area contributed by atoms with Crippen LogP contribution >= 0.6 is 23.1 Å². The van der Waals surface area contributed by atoms with Crippen LogP contribution in [-0.4, -0.2) is 29.3 Å². The summed E-state index contributed by atoms with van der Waals surface area (Å²) in [6.07, 6.45) is 1.79. The van der Waals surface area contributed by atoms with Crippen LogP contribution in [0.5, 0.6) is 0 Å². The fraction of sp³-hybridized carbons (Fsp3) is 0.300. The molecule has 0 aliphatic rings. The fourth-order valence-corrected chi connectivity index (χ4v) is 2.81. The Labute approximate surface area is 108 Å². The van der Waals surface area contributed by atoms with Crippen LogP contribution in [0, 0.1) is 0 Å². The Hall–Kier alpha value is -1.34. The van der Waals surface area contributed by atoms with Crippen molar-refractivity contribution in [3.05, 3.63) is 23.9 Å². The molecule has 0 aromatic carbocycles. The van der Waals surface area contributed by atoms with E-state index in [2.05, 4.69) is 15.2 Å². The number of rotatable bonds is 4. The first-order valence-corrected chi connectivity index (χ1v) is 6.79. The van der Waals surface area contributed by atoms with Gasteiger partial charge in [-0.3, -0.25) is 0 Å². The van der Waals surface area contributed by atoms with Crippen LogP contribution in [0.1, 0.15) is 5.56 Å². The van der Waals surface area contributed by atoms with Gasteiger partial charge in [0, 0.05) is 26.0 Å². The van der Waals surface area contributed by atoms with Gasteiger partial charge in [0.05, 0.1) is 0 Å². The van der Waals surface area contributed by atoms with E-state index in [4.69, 9.17) is 5.73 Å². The number of aromatic nitrogens is 3. The van der Waals surface area contributed by atoms with Crippen molar-refractivity contribution < 1.29 is 0 Å². The summed E-state index contributed by atoms with van der Waals surface area (Å²) in [5, 5.41) is 9.11. The highest BCUT2D eigenvalue weighted by atomic mass is 32.2. The molecule has 2 aromatic heterocycles. The highest BCUT2D eigenvalue weighted by Gasteiger charge is 2.06. The lowest BCUT2D eigenvalue weighted by Gasteiger charge is -2.03. The average molecular weight is 267 g/mol. The van der Waals surface area contributed by atoms with Crippen LogP contribution < -0.4 is 10.6 Å². The van der Waals surface area contributed by atoms with Gasteiger partial charge in [-0.25, -0.2) is 4.98 Å². The molecule has 0 spiro atoms. The Morgan fingerprint density at radius 3 is 2.76 bits per heavy atom. The molecule has 0 bridgehead atoms. The number of nitrogens with two attached hydrogens (primary N) is 1. The van der Waals surface area contributed by atoms with Crippen LogP contribution in [0.2, 0.25) is 0 Å². The van der Waals surface area contributed by atoms with E-state index >= 15 is 0 Å². The molecular formula is C10H13N5S2. The summed E-state index contributed by atoms with van der Waals surface area (Å²) in [7, 11) is 3.91. The van der Waals surface area contributed by atoms with Gasteiger partial charge in [-0.15, -0.1) is 10.2 Å². The molecule has 0 saturated carbocycles. The second kappa shape index (κ2) is 5.33. The summed E-state index contributed by atoms with van der Waals surface area (Å²) in [4.78, 5) is 6.00. The molecule has 0 fully saturated rings. The third kappa shape index (κ3) is 3.31. The molecule has 7 heteroatoms. The minimum absolute atomic E-state index is 0.546. The van der Waals surface area contributed by atoms with E-state index in [9.17, 15) is 0 Å². The van der Waals surface area contributed by atoms with E-state index in [1.807, 2.05) is 25.1 Å². The van der Waals surface area contributed by atoms with Crippen LogP contribution in [0.25, 0.3) is 0 Å². The van der Waals surface area contributed by atoms with Gasteiger partial charge in [0.25, 0.3) is 0 Å². The van der Waals surface area contributed by atoms with E-state index in [-0.39, 0.29) is 0 Å². The van der Waals surface area contributed by atoms with Crippen molar-refractivity contribution >= 4 is 34.0 Å². The molecule has 2 rings (SSSR count). The van der Waals surface area contributed by atoms with Crippen molar-refractivity contribution in [2.24, 2.45) is 0 Å². The van der Waals surface area contributed by atoms with Crippen molar-refractivity contribution in [3.8, 4) is 0 Å². The van der Waals surface area contributed by atoms with Crippen molar-refractivity contribution in [2.45, 2.75) is 10.1 Å². The van der Waals surface area contributed by atoms with Crippen LogP contribution in [0.4, 0.5) is 10.9 Å². The van der Waals surface area contributed by atoms with E-state index in [1.165, 1.54) is 0 Å². The van der Waals surface area contributed by atoms with E-state index < -0.39 is 0 Å². The molecule has 0 amide bonds. The number of nitrogens with zero attached hydrogens (tertiary/aromatic N) is 4. The van der Waals surface area contributed by atoms with Crippen molar-refractivity contribution in [1.29, 1.82) is 0 Å². The first kappa shape index (κ1) is 12.1. The Morgan fingerprint density at radius 1 is 1.35 bits per heavy atom. The maximum Gasteiger partial charge on any atom is 0.208 e. The molecule has 0 aliphatic carbocycles. The van der Waals surface area contributed by atoms with E-state index in [0.717, 1.165) is 20.8 Å². The molecule has 2 aromatic rings. The minimum atomic E-state index is 0.546. The highest BCUT2D eigenvalue weighted by molar-refractivity contribution is 8.00. The van der Waals surface area contributed by atoms with Gasteiger partial charge < -0.3 is 10.6 Å². The van der Waals surface area contributed by atoms with Gasteiger partial charge in [-0.2, -0.15) is 0 Å². The zero-order valence-corrected chi connectivity index (χ0v) is 11.3. The molecule has 17 heavy (non-hydrogen) atoms. The zero-order valence-electron chi connectivity index (χ0n) is 9.62. The van der Waals surface area contributed by atoms with E-state index in [0.29, 0.717) is 5.82 Å². The summed E-state index contributed by atoms with van der Waals surface area (Å²) in [6.45, 7) is 0. The zero-order chi connectivity index (χ0) is 12.3. The number of pyridine rings is 1. The molecule has 90 valence electrons. The molecule has 0 aliphatic heterocycles. The van der Waals surface area contributed by atoms with Gasteiger partial charge in [-0.05, 0) is 11.6 Å². The predicted octanol–water partition coefficient (Wildman–Crippen LogP) is 1.87. The van der Waals surface area contributed by atoms with Gasteiger partial charge in [-0.1, -0.05) is 29.2 Å². The number of nitrogen functional groups attached to an aromatic ring is 1.